The highest BCUT2D eigenvalue weighted by Crippen LogP contribution is 2.21. The Kier molecular flexibility index (Phi) is 6.80. The Balaban J connectivity index is 1.64. The molecule has 0 aromatic heterocycles. The van der Waals surface area contributed by atoms with Crippen molar-refractivity contribution >= 4 is 11.9 Å². The molecule has 29 heavy (non-hydrogen) atoms. The van der Waals surface area contributed by atoms with Gasteiger partial charge in [-0.3, -0.25) is 4.79 Å². The molecular formula is C25H25NO3. The van der Waals surface area contributed by atoms with Crippen LogP contribution in [0.2, 0.25) is 0 Å². The van der Waals surface area contributed by atoms with Gasteiger partial charge in [0, 0.05) is 0 Å². The number of hydrogen-bond acceptors (Lipinski definition) is 3. The average Bonchev–Trinajstić information content (AvgIpc) is 2.77. The molecule has 1 amide bonds. The second-order valence-corrected chi connectivity index (χ2v) is 7.17. The number of ether oxygens (including phenoxy) is 1. The summed E-state index contributed by atoms with van der Waals surface area (Å²) in [5.41, 5.74) is 3.50. The van der Waals surface area contributed by atoms with Crippen molar-refractivity contribution in [1.82, 2.24) is 5.32 Å². The van der Waals surface area contributed by atoms with Crippen LogP contribution in [0.1, 0.15) is 52.9 Å². The minimum Gasteiger partial charge on any atom is -0.452 e. The number of hydrogen-bond donors (Lipinski definition) is 1. The maximum absolute atomic E-state index is 12.5. The Bertz CT molecular complexity index is 895. The molecule has 0 aliphatic carbocycles. The molecule has 0 fully saturated rings. The van der Waals surface area contributed by atoms with E-state index >= 15 is 0 Å². The molecule has 0 bridgehead atoms. The van der Waals surface area contributed by atoms with Crippen LogP contribution in [0.4, 0.5) is 0 Å². The molecular weight excluding hydrogens is 362 g/mol. The fraction of sp³-hybridized carbons (Fsp3) is 0.200. The third kappa shape index (κ3) is 5.55. The maximum atomic E-state index is 12.5. The largest absolute Gasteiger partial charge is 0.452 e. The van der Waals surface area contributed by atoms with E-state index in [2.05, 4.69) is 19.2 Å². The van der Waals surface area contributed by atoms with Gasteiger partial charge >= 0.3 is 5.97 Å². The fourth-order valence-corrected chi connectivity index (χ4v) is 3.07. The van der Waals surface area contributed by atoms with Crippen molar-refractivity contribution in [2.45, 2.75) is 25.8 Å². The Labute approximate surface area is 171 Å². The van der Waals surface area contributed by atoms with Crippen LogP contribution in [0.25, 0.3) is 0 Å². The summed E-state index contributed by atoms with van der Waals surface area (Å²) >= 11 is 0. The topological polar surface area (TPSA) is 55.4 Å². The SMILES string of the molecule is CC(C)c1ccc(C(=O)OCC(=O)NC(c2ccccc2)c2ccccc2)cc1. The second kappa shape index (κ2) is 9.69. The molecule has 4 heteroatoms. The van der Waals surface area contributed by atoms with Gasteiger partial charge in [0.05, 0.1) is 11.6 Å². The van der Waals surface area contributed by atoms with Gasteiger partial charge in [0.25, 0.3) is 5.91 Å². The van der Waals surface area contributed by atoms with Crippen molar-refractivity contribution in [1.29, 1.82) is 0 Å². The molecule has 0 heterocycles. The number of carbonyl (C=O) groups is 2. The van der Waals surface area contributed by atoms with E-state index in [9.17, 15) is 9.59 Å². The predicted octanol–water partition coefficient (Wildman–Crippen LogP) is 4.87. The number of nitrogens with one attached hydrogen (secondary N) is 1. The monoisotopic (exact) mass is 387 g/mol. The van der Waals surface area contributed by atoms with Crippen LogP contribution < -0.4 is 5.32 Å². The number of benzene rings is 3. The molecule has 0 saturated heterocycles. The molecule has 0 aliphatic heterocycles. The van der Waals surface area contributed by atoms with Gasteiger partial charge < -0.3 is 10.1 Å². The van der Waals surface area contributed by atoms with E-state index in [1.807, 2.05) is 72.8 Å². The Hall–Kier alpha value is -3.40. The molecule has 0 saturated carbocycles. The first-order valence-electron chi connectivity index (χ1n) is 9.71. The number of amides is 1. The highest BCUT2D eigenvalue weighted by molar-refractivity contribution is 5.91. The van der Waals surface area contributed by atoms with E-state index < -0.39 is 5.97 Å². The van der Waals surface area contributed by atoms with E-state index in [4.69, 9.17) is 4.74 Å². The smallest absolute Gasteiger partial charge is 0.338 e. The quantitative estimate of drug-likeness (QED) is 0.588. The lowest BCUT2D eigenvalue weighted by Gasteiger charge is -2.20. The zero-order valence-electron chi connectivity index (χ0n) is 16.7. The van der Waals surface area contributed by atoms with Crippen LogP contribution in [0.3, 0.4) is 0 Å². The van der Waals surface area contributed by atoms with Crippen LogP contribution in [0, 0.1) is 0 Å². The molecule has 0 unspecified atom stereocenters. The minimum absolute atomic E-state index is 0.311. The Morgan fingerprint density at radius 1 is 0.759 bits per heavy atom. The minimum atomic E-state index is -0.508. The molecule has 1 N–H and O–H groups in total. The average molecular weight is 387 g/mol. The molecule has 0 spiro atoms. The number of esters is 1. The van der Waals surface area contributed by atoms with Crippen LogP contribution in [-0.4, -0.2) is 18.5 Å². The fourth-order valence-electron chi connectivity index (χ4n) is 3.07. The summed E-state index contributed by atoms with van der Waals surface area (Å²) in [5, 5.41) is 2.96. The molecule has 0 aliphatic rings. The first kappa shape index (κ1) is 20.3. The van der Waals surface area contributed by atoms with Gasteiger partial charge in [-0.15, -0.1) is 0 Å². The Morgan fingerprint density at radius 2 is 1.28 bits per heavy atom. The molecule has 148 valence electrons. The lowest BCUT2D eigenvalue weighted by molar-refractivity contribution is -0.124. The van der Waals surface area contributed by atoms with Gasteiger partial charge in [-0.2, -0.15) is 0 Å². The third-order valence-electron chi connectivity index (χ3n) is 4.72. The van der Waals surface area contributed by atoms with Crippen LogP contribution in [0.5, 0.6) is 0 Å². The lowest BCUT2D eigenvalue weighted by Crippen LogP contribution is -2.33. The molecule has 3 aromatic rings. The summed E-state index contributed by atoms with van der Waals surface area (Å²) < 4.78 is 5.21. The van der Waals surface area contributed by atoms with E-state index in [0.717, 1.165) is 16.7 Å². The van der Waals surface area contributed by atoms with Crippen LogP contribution in [-0.2, 0) is 9.53 Å². The van der Waals surface area contributed by atoms with Crippen molar-refractivity contribution < 1.29 is 14.3 Å². The van der Waals surface area contributed by atoms with Gasteiger partial charge in [0.15, 0.2) is 6.61 Å². The van der Waals surface area contributed by atoms with Gasteiger partial charge in [-0.25, -0.2) is 4.79 Å². The van der Waals surface area contributed by atoms with Crippen LogP contribution >= 0.6 is 0 Å². The lowest BCUT2D eigenvalue weighted by atomic mass is 9.99. The van der Waals surface area contributed by atoms with E-state index in [0.29, 0.717) is 11.5 Å². The predicted molar refractivity (Wildman–Crippen MR) is 114 cm³/mol. The number of rotatable bonds is 7. The standard InChI is InChI=1S/C25H25NO3/c1-18(2)19-13-15-22(16-14-19)25(28)29-17-23(27)26-24(20-9-5-3-6-10-20)21-11-7-4-8-12-21/h3-16,18,24H,17H2,1-2H3,(H,26,27). The number of carbonyl (C=O) groups excluding carboxylic acids is 2. The van der Waals surface area contributed by atoms with E-state index in [1.54, 1.807) is 12.1 Å². The third-order valence-corrected chi connectivity index (χ3v) is 4.72. The molecule has 0 atom stereocenters. The summed E-state index contributed by atoms with van der Waals surface area (Å²) in [5.74, 6) is -0.472. The van der Waals surface area contributed by atoms with Crippen molar-refractivity contribution in [2.75, 3.05) is 6.61 Å². The summed E-state index contributed by atoms with van der Waals surface area (Å²) in [6.45, 7) is 3.85. The Morgan fingerprint density at radius 3 is 1.76 bits per heavy atom. The summed E-state index contributed by atoms with van der Waals surface area (Å²) in [6.07, 6.45) is 0. The normalized spacial score (nSPS) is 10.8. The van der Waals surface area contributed by atoms with Gasteiger partial charge in [0.2, 0.25) is 0 Å². The first-order valence-corrected chi connectivity index (χ1v) is 9.71. The summed E-state index contributed by atoms with van der Waals surface area (Å²) in [4.78, 5) is 24.7. The first-order chi connectivity index (χ1) is 14.0. The zero-order valence-corrected chi connectivity index (χ0v) is 16.7. The van der Waals surface area contributed by atoms with Crippen molar-refractivity contribution in [3.63, 3.8) is 0 Å². The van der Waals surface area contributed by atoms with E-state index in [-0.39, 0.29) is 18.6 Å². The molecule has 3 aromatic carbocycles. The van der Waals surface area contributed by atoms with Crippen molar-refractivity contribution in [3.8, 4) is 0 Å². The summed E-state index contributed by atoms with van der Waals surface area (Å²) in [6, 6.07) is 26.4. The van der Waals surface area contributed by atoms with Crippen molar-refractivity contribution in [3.05, 3.63) is 107 Å². The maximum Gasteiger partial charge on any atom is 0.338 e. The van der Waals surface area contributed by atoms with Crippen LogP contribution in [0.15, 0.2) is 84.9 Å². The second-order valence-electron chi connectivity index (χ2n) is 7.17. The highest BCUT2D eigenvalue weighted by atomic mass is 16.5. The highest BCUT2D eigenvalue weighted by Gasteiger charge is 2.18. The van der Waals surface area contributed by atoms with Gasteiger partial charge in [-0.05, 0) is 34.7 Å². The molecule has 4 nitrogen and oxygen atoms in total. The van der Waals surface area contributed by atoms with Crippen molar-refractivity contribution in [2.24, 2.45) is 0 Å². The molecule has 3 rings (SSSR count). The zero-order chi connectivity index (χ0) is 20.6. The van der Waals surface area contributed by atoms with Gasteiger partial charge in [-0.1, -0.05) is 86.6 Å². The van der Waals surface area contributed by atoms with E-state index in [1.165, 1.54) is 0 Å². The molecule has 0 radical (unpaired) electrons. The van der Waals surface area contributed by atoms with Gasteiger partial charge in [0.1, 0.15) is 0 Å². The summed E-state index contributed by atoms with van der Waals surface area (Å²) in [7, 11) is 0.